The number of hydrogen-bond acceptors (Lipinski definition) is 6. The molecule has 4 N–H and O–H groups in total. The van der Waals surface area contributed by atoms with Crippen LogP contribution in [-0.2, 0) is 7.05 Å². The van der Waals surface area contributed by atoms with Crippen LogP contribution in [-0.4, -0.2) is 25.7 Å². The van der Waals surface area contributed by atoms with Gasteiger partial charge in [-0.05, 0) is 23.9 Å². The first-order chi connectivity index (χ1) is 8.08. The van der Waals surface area contributed by atoms with Crippen molar-refractivity contribution in [3.63, 3.8) is 0 Å². The van der Waals surface area contributed by atoms with E-state index >= 15 is 0 Å². The van der Waals surface area contributed by atoms with Gasteiger partial charge in [0.15, 0.2) is 5.16 Å². The lowest BCUT2D eigenvalue weighted by atomic mass is 10.3. The van der Waals surface area contributed by atoms with Gasteiger partial charge in [-0.3, -0.25) is 4.79 Å². The number of carbonyl (C=O) groups is 1. The molecule has 0 bridgehead atoms. The van der Waals surface area contributed by atoms with Gasteiger partial charge in [0.25, 0.3) is 5.91 Å². The van der Waals surface area contributed by atoms with Gasteiger partial charge >= 0.3 is 0 Å². The zero-order valence-corrected chi connectivity index (χ0v) is 9.81. The van der Waals surface area contributed by atoms with E-state index < -0.39 is 5.91 Å². The maximum Gasteiger partial charge on any atom is 0.267 e. The maximum atomic E-state index is 11.0. The zero-order chi connectivity index (χ0) is 12.4. The molecule has 2 aromatic heterocycles. The molecular weight excluding hydrogens is 240 g/mol. The Balaban J connectivity index is 2.35. The van der Waals surface area contributed by atoms with E-state index in [1.54, 1.807) is 17.8 Å². The van der Waals surface area contributed by atoms with E-state index in [0.29, 0.717) is 15.9 Å². The summed E-state index contributed by atoms with van der Waals surface area (Å²) in [6, 6.07) is 3.07. The predicted molar refractivity (Wildman–Crippen MR) is 62.3 cm³/mol. The molecule has 1 amide bonds. The van der Waals surface area contributed by atoms with Gasteiger partial charge in [-0.1, -0.05) is 0 Å². The molecule has 0 saturated carbocycles. The van der Waals surface area contributed by atoms with Gasteiger partial charge in [0.05, 0.1) is 5.69 Å². The largest absolute Gasteiger partial charge is 0.397 e. The maximum absolute atomic E-state index is 11.0. The first-order valence-electron chi connectivity index (χ1n) is 4.66. The predicted octanol–water partition coefficient (Wildman–Crippen LogP) is 0.0424. The molecule has 2 aromatic rings. The fourth-order valence-corrected chi connectivity index (χ4v) is 1.92. The smallest absolute Gasteiger partial charge is 0.267 e. The van der Waals surface area contributed by atoms with Crippen molar-refractivity contribution in [2.24, 2.45) is 12.8 Å². The Kier molecular flexibility index (Phi) is 2.96. The highest BCUT2D eigenvalue weighted by Crippen LogP contribution is 2.28. The molecule has 0 fully saturated rings. The van der Waals surface area contributed by atoms with Crippen molar-refractivity contribution in [1.29, 1.82) is 0 Å². The van der Waals surface area contributed by atoms with Crippen molar-refractivity contribution in [2.45, 2.75) is 10.2 Å². The number of nitrogens with two attached hydrogens (primary N) is 2. The lowest BCUT2D eigenvalue weighted by Crippen LogP contribution is -2.13. The number of primary amides is 1. The number of carbonyl (C=O) groups excluding carboxylic acids is 1. The van der Waals surface area contributed by atoms with Gasteiger partial charge in [0.2, 0.25) is 0 Å². The molecule has 2 rings (SSSR count). The highest BCUT2D eigenvalue weighted by atomic mass is 32.2. The minimum absolute atomic E-state index is 0.170. The third kappa shape index (κ3) is 2.36. The number of rotatable bonds is 3. The molecule has 0 saturated heterocycles. The molecule has 2 heterocycles. The zero-order valence-electron chi connectivity index (χ0n) is 8.99. The molecule has 17 heavy (non-hydrogen) atoms. The number of aryl methyl sites for hydroxylation is 1. The number of aromatic nitrogens is 4. The first kappa shape index (κ1) is 11.4. The van der Waals surface area contributed by atoms with Crippen LogP contribution in [0, 0.1) is 0 Å². The van der Waals surface area contributed by atoms with Gasteiger partial charge in [0, 0.05) is 7.05 Å². The van der Waals surface area contributed by atoms with Gasteiger partial charge in [-0.2, -0.15) is 5.10 Å². The third-order valence-electron chi connectivity index (χ3n) is 2.00. The Bertz CT molecular complexity index is 566. The van der Waals surface area contributed by atoms with Gasteiger partial charge in [-0.15, -0.1) is 0 Å². The second kappa shape index (κ2) is 4.42. The number of amides is 1. The number of hydrogen-bond donors (Lipinski definition) is 2. The Hall–Kier alpha value is -2.09. The normalized spacial score (nSPS) is 10.4. The minimum Gasteiger partial charge on any atom is -0.397 e. The highest BCUT2D eigenvalue weighted by molar-refractivity contribution is 7.99. The van der Waals surface area contributed by atoms with Crippen molar-refractivity contribution in [3.05, 3.63) is 24.2 Å². The van der Waals surface area contributed by atoms with Crippen LogP contribution >= 0.6 is 11.8 Å². The molecule has 0 atom stereocenters. The summed E-state index contributed by atoms with van der Waals surface area (Å²) in [7, 11) is 1.75. The molecule has 0 aromatic carbocycles. The van der Waals surface area contributed by atoms with Crippen LogP contribution in [0.25, 0.3) is 0 Å². The average molecular weight is 250 g/mol. The standard InChI is InChI=1S/C9H10N6OS/c1-15-9(12-4-13-15)17-8-5(10)2-3-6(14-8)7(11)16/h2-4H,10H2,1H3,(H2,11,16). The monoisotopic (exact) mass is 250 g/mol. The van der Waals surface area contributed by atoms with Crippen molar-refractivity contribution in [2.75, 3.05) is 5.73 Å². The Labute approximate surface area is 101 Å². The molecule has 88 valence electrons. The molecule has 0 spiro atoms. The van der Waals surface area contributed by atoms with Crippen LogP contribution in [0.15, 0.2) is 28.6 Å². The second-order valence-corrected chi connectivity index (χ2v) is 4.18. The molecule has 0 radical (unpaired) electrons. The Morgan fingerprint density at radius 2 is 2.24 bits per heavy atom. The summed E-state index contributed by atoms with van der Waals surface area (Å²) in [6.45, 7) is 0. The van der Waals surface area contributed by atoms with Crippen LogP contribution in [0.1, 0.15) is 10.5 Å². The summed E-state index contributed by atoms with van der Waals surface area (Å²) in [4.78, 5) is 19.1. The van der Waals surface area contributed by atoms with E-state index in [9.17, 15) is 4.79 Å². The summed E-state index contributed by atoms with van der Waals surface area (Å²) in [6.07, 6.45) is 1.43. The number of nitrogens with zero attached hydrogens (tertiary/aromatic N) is 4. The molecular formula is C9H10N6OS. The third-order valence-corrected chi connectivity index (χ3v) is 3.07. The number of nitrogen functional groups attached to an aromatic ring is 1. The van der Waals surface area contributed by atoms with E-state index in [0.717, 1.165) is 0 Å². The van der Waals surface area contributed by atoms with Crippen LogP contribution in [0.4, 0.5) is 5.69 Å². The van der Waals surface area contributed by atoms with Gasteiger partial charge in [-0.25, -0.2) is 14.6 Å². The van der Waals surface area contributed by atoms with Crippen LogP contribution in [0.2, 0.25) is 0 Å². The van der Waals surface area contributed by atoms with Crippen LogP contribution in [0.5, 0.6) is 0 Å². The summed E-state index contributed by atoms with van der Waals surface area (Å²) < 4.78 is 1.59. The van der Waals surface area contributed by atoms with Crippen LogP contribution in [0.3, 0.4) is 0 Å². The molecule has 0 aliphatic heterocycles. The molecule has 0 aliphatic rings. The molecule has 0 unspecified atom stereocenters. The van der Waals surface area contributed by atoms with Crippen molar-refractivity contribution in [3.8, 4) is 0 Å². The molecule has 7 nitrogen and oxygen atoms in total. The minimum atomic E-state index is -0.593. The van der Waals surface area contributed by atoms with E-state index in [1.807, 2.05) is 0 Å². The van der Waals surface area contributed by atoms with Gasteiger partial charge < -0.3 is 11.5 Å². The van der Waals surface area contributed by atoms with Crippen molar-refractivity contribution >= 4 is 23.4 Å². The Morgan fingerprint density at radius 3 is 2.82 bits per heavy atom. The quantitative estimate of drug-likeness (QED) is 0.795. The summed E-state index contributed by atoms with van der Waals surface area (Å²) in [5, 5.41) is 5.04. The lowest BCUT2D eigenvalue weighted by Gasteiger charge is -2.04. The van der Waals surface area contributed by atoms with E-state index in [2.05, 4.69) is 15.1 Å². The molecule has 8 heteroatoms. The summed E-state index contributed by atoms with van der Waals surface area (Å²) >= 11 is 1.22. The lowest BCUT2D eigenvalue weighted by molar-refractivity contribution is 0.0995. The average Bonchev–Trinajstić information content (AvgIpc) is 2.67. The number of anilines is 1. The van der Waals surface area contributed by atoms with E-state index in [1.165, 1.54) is 24.2 Å². The fourth-order valence-electron chi connectivity index (χ4n) is 1.13. The Morgan fingerprint density at radius 1 is 1.47 bits per heavy atom. The van der Waals surface area contributed by atoms with E-state index in [-0.39, 0.29) is 5.69 Å². The second-order valence-electron chi connectivity index (χ2n) is 3.22. The fraction of sp³-hybridized carbons (Fsp3) is 0.111. The van der Waals surface area contributed by atoms with Gasteiger partial charge in [0.1, 0.15) is 17.0 Å². The number of pyridine rings is 1. The van der Waals surface area contributed by atoms with Crippen molar-refractivity contribution in [1.82, 2.24) is 19.7 Å². The molecule has 0 aliphatic carbocycles. The van der Waals surface area contributed by atoms with Crippen molar-refractivity contribution < 1.29 is 4.79 Å². The first-order valence-corrected chi connectivity index (χ1v) is 5.47. The van der Waals surface area contributed by atoms with Crippen LogP contribution < -0.4 is 11.5 Å². The summed E-state index contributed by atoms with van der Waals surface area (Å²) in [5.74, 6) is -0.593. The SMILES string of the molecule is Cn1ncnc1Sc1nc(C(N)=O)ccc1N. The topological polar surface area (TPSA) is 113 Å². The van der Waals surface area contributed by atoms with E-state index in [4.69, 9.17) is 11.5 Å². The highest BCUT2D eigenvalue weighted by Gasteiger charge is 2.11. The summed E-state index contributed by atoms with van der Waals surface area (Å²) in [5.41, 5.74) is 11.5.